The molecule has 0 fully saturated rings. The third kappa shape index (κ3) is 9.54. The summed E-state index contributed by atoms with van der Waals surface area (Å²) in [6.45, 7) is 7.09. The van der Waals surface area contributed by atoms with Gasteiger partial charge in [-0.05, 0) is 59.9 Å². The highest BCUT2D eigenvalue weighted by Crippen LogP contribution is 2.24. The molecular formula is C33H39FO5. The average molecular weight is 535 g/mol. The molecule has 3 rings (SSSR count). The van der Waals surface area contributed by atoms with Gasteiger partial charge in [-0.25, -0.2) is 14.0 Å². The second-order valence-corrected chi connectivity index (χ2v) is 9.86. The number of carbonyl (C=O) groups is 2. The van der Waals surface area contributed by atoms with Crippen molar-refractivity contribution in [1.29, 1.82) is 0 Å². The normalized spacial score (nSPS) is 11.6. The fraction of sp³-hybridized carbons (Fsp3) is 0.394. The maximum Gasteiger partial charge on any atom is 0.343 e. The van der Waals surface area contributed by atoms with E-state index in [9.17, 15) is 14.0 Å². The number of unbranched alkanes of at least 4 members (excludes halogenated alkanes) is 5. The zero-order valence-corrected chi connectivity index (χ0v) is 23.2. The number of hydrogen-bond donors (Lipinski definition) is 0. The molecule has 0 aliphatic heterocycles. The Labute approximate surface area is 231 Å². The van der Waals surface area contributed by atoms with E-state index < -0.39 is 17.8 Å². The molecule has 1 atom stereocenters. The molecule has 0 amide bonds. The van der Waals surface area contributed by atoms with Crippen LogP contribution in [0.4, 0.5) is 4.39 Å². The zero-order chi connectivity index (χ0) is 28.0. The summed E-state index contributed by atoms with van der Waals surface area (Å²) in [5, 5.41) is 0. The standard InChI is InChI=1S/C33H39FO5/c1-4-6-7-8-9-10-21-37-28-17-15-26(16-18-28)25-11-13-27(14-12-25)32(35)39-29-19-20-30(31(34)22-29)33(36)38-23-24(3)5-2/h11-20,22,24H,4-10,21,23H2,1-3H3/t24-/m0/s1. The fourth-order valence-corrected chi connectivity index (χ4v) is 3.92. The van der Waals surface area contributed by atoms with Crippen molar-refractivity contribution in [3.63, 3.8) is 0 Å². The number of benzene rings is 3. The summed E-state index contributed by atoms with van der Waals surface area (Å²) in [6.07, 6.45) is 8.22. The lowest BCUT2D eigenvalue weighted by molar-refractivity contribution is 0.0441. The van der Waals surface area contributed by atoms with E-state index in [-0.39, 0.29) is 23.8 Å². The van der Waals surface area contributed by atoms with Crippen molar-refractivity contribution in [3.8, 4) is 22.6 Å². The highest BCUT2D eigenvalue weighted by Gasteiger charge is 2.17. The van der Waals surface area contributed by atoms with Gasteiger partial charge < -0.3 is 14.2 Å². The van der Waals surface area contributed by atoms with Crippen LogP contribution in [0.25, 0.3) is 11.1 Å². The van der Waals surface area contributed by atoms with Crippen LogP contribution in [0.15, 0.2) is 66.7 Å². The second kappa shape index (κ2) is 15.7. The van der Waals surface area contributed by atoms with Gasteiger partial charge in [-0.2, -0.15) is 0 Å². The SMILES string of the molecule is CCCCCCCCOc1ccc(-c2ccc(C(=O)Oc3ccc(C(=O)OC[C@@H](C)CC)c(F)c3)cc2)cc1. The van der Waals surface area contributed by atoms with Crippen LogP contribution in [-0.2, 0) is 4.74 Å². The number of esters is 2. The van der Waals surface area contributed by atoms with Crippen LogP contribution in [0.3, 0.4) is 0 Å². The van der Waals surface area contributed by atoms with Crippen molar-refractivity contribution < 1.29 is 28.2 Å². The van der Waals surface area contributed by atoms with E-state index in [1.807, 2.05) is 50.2 Å². The largest absolute Gasteiger partial charge is 0.494 e. The minimum atomic E-state index is -0.802. The number of rotatable bonds is 15. The van der Waals surface area contributed by atoms with Crippen LogP contribution >= 0.6 is 0 Å². The molecule has 0 N–H and O–H groups in total. The number of ether oxygens (including phenoxy) is 3. The Balaban J connectivity index is 1.51. The van der Waals surface area contributed by atoms with Crippen molar-refractivity contribution >= 4 is 11.9 Å². The summed E-state index contributed by atoms with van der Waals surface area (Å²) < 4.78 is 30.8. The Morgan fingerprint density at radius 3 is 2.03 bits per heavy atom. The first kappa shape index (κ1) is 29.9. The topological polar surface area (TPSA) is 61.8 Å². The highest BCUT2D eigenvalue weighted by molar-refractivity contribution is 5.92. The molecule has 5 nitrogen and oxygen atoms in total. The Hall–Kier alpha value is -3.67. The lowest BCUT2D eigenvalue weighted by atomic mass is 10.0. The monoisotopic (exact) mass is 534 g/mol. The molecule has 0 aliphatic rings. The van der Waals surface area contributed by atoms with Crippen LogP contribution < -0.4 is 9.47 Å². The van der Waals surface area contributed by atoms with Crippen LogP contribution in [0.5, 0.6) is 11.5 Å². The Morgan fingerprint density at radius 1 is 0.769 bits per heavy atom. The summed E-state index contributed by atoms with van der Waals surface area (Å²) in [5.41, 5.74) is 2.08. The molecule has 208 valence electrons. The Kier molecular flexibility index (Phi) is 12.0. The smallest absolute Gasteiger partial charge is 0.343 e. The summed E-state index contributed by atoms with van der Waals surface area (Å²) in [4.78, 5) is 24.7. The third-order valence-corrected chi connectivity index (χ3v) is 6.64. The second-order valence-electron chi connectivity index (χ2n) is 9.86. The molecule has 0 unspecified atom stereocenters. The maximum absolute atomic E-state index is 14.5. The van der Waals surface area contributed by atoms with Gasteiger partial charge in [-0.1, -0.05) is 83.6 Å². The van der Waals surface area contributed by atoms with Crippen LogP contribution in [0.1, 0.15) is 86.4 Å². The van der Waals surface area contributed by atoms with E-state index in [2.05, 4.69) is 6.92 Å². The number of hydrogen-bond acceptors (Lipinski definition) is 5. The molecule has 0 bridgehead atoms. The van der Waals surface area contributed by atoms with Gasteiger partial charge in [0.15, 0.2) is 0 Å². The number of carbonyl (C=O) groups excluding carboxylic acids is 2. The molecule has 0 saturated heterocycles. The molecular weight excluding hydrogens is 495 g/mol. The van der Waals surface area contributed by atoms with Crippen molar-refractivity contribution in [2.75, 3.05) is 13.2 Å². The Bertz CT molecular complexity index is 1190. The van der Waals surface area contributed by atoms with Crippen molar-refractivity contribution in [2.45, 2.75) is 65.7 Å². The van der Waals surface area contributed by atoms with Gasteiger partial charge in [0, 0.05) is 6.07 Å². The summed E-state index contributed by atoms with van der Waals surface area (Å²) >= 11 is 0. The molecule has 3 aromatic carbocycles. The van der Waals surface area contributed by atoms with E-state index in [4.69, 9.17) is 14.2 Å². The van der Waals surface area contributed by atoms with E-state index in [0.717, 1.165) is 42.4 Å². The minimum Gasteiger partial charge on any atom is -0.494 e. The molecule has 0 saturated carbocycles. The quantitative estimate of drug-likeness (QED) is 0.111. The molecule has 3 aromatic rings. The first-order valence-electron chi connectivity index (χ1n) is 13.9. The molecule has 0 aromatic heterocycles. The lowest BCUT2D eigenvalue weighted by Gasteiger charge is -2.11. The summed E-state index contributed by atoms with van der Waals surface area (Å²) in [7, 11) is 0. The molecule has 6 heteroatoms. The average Bonchev–Trinajstić information content (AvgIpc) is 2.95. The van der Waals surface area contributed by atoms with Gasteiger partial charge in [-0.15, -0.1) is 0 Å². The van der Waals surface area contributed by atoms with Gasteiger partial charge in [0.2, 0.25) is 0 Å². The number of halogens is 1. The Morgan fingerprint density at radius 2 is 1.38 bits per heavy atom. The van der Waals surface area contributed by atoms with Gasteiger partial charge in [0.1, 0.15) is 17.3 Å². The fourth-order valence-electron chi connectivity index (χ4n) is 3.92. The zero-order valence-electron chi connectivity index (χ0n) is 23.2. The molecule has 39 heavy (non-hydrogen) atoms. The summed E-state index contributed by atoms with van der Waals surface area (Å²) in [5.74, 6) is -1.11. The predicted molar refractivity (Wildman–Crippen MR) is 152 cm³/mol. The maximum atomic E-state index is 14.5. The van der Waals surface area contributed by atoms with Gasteiger partial charge in [-0.3, -0.25) is 0 Å². The molecule has 0 radical (unpaired) electrons. The third-order valence-electron chi connectivity index (χ3n) is 6.64. The molecule has 0 heterocycles. The predicted octanol–water partition coefficient (Wildman–Crippen LogP) is 8.65. The summed E-state index contributed by atoms with van der Waals surface area (Å²) in [6, 6.07) is 18.5. The molecule has 0 spiro atoms. The van der Waals surface area contributed by atoms with E-state index in [1.54, 1.807) is 12.1 Å². The van der Waals surface area contributed by atoms with Crippen molar-refractivity contribution in [1.82, 2.24) is 0 Å². The van der Waals surface area contributed by atoms with Gasteiger partial charge >= 0.3 is 11.9 Å². The minimum absolute atomic E-state index is 0.0107. The van der Waals surface area contributed by atoms with E-state index >= 15 is 0 Å². The van der Waals surface area contributed by atoms with Crippen LogP contribution in [-0.4, -0.2) is 25.2 Å². The van der Waals surface area contributed by atoms with Crippen molar-refractivity contribution in [2.24, 2.45) is 5.92 Å². The highest BCUT2D eigenvalue weighted by atomic mass is 19.1. The molecule has 0 aliphatic carbocycles. The lowest BCUT2D eigenvalue weighted by Crippen LogP contribution is -2.13. The van der Waals surface area contributed by atoms with E-state index in [0.29, 0.717) is 5.56 Å². The van der Waals surface area contributed by atoms with E-state index in [1.165, 1.54) is 44.2 Å². The van der Waals surface area contributed by atoms with Crippen molar-refractivity contribution in [3.05, 3.63) is 83.7 Å². The van der Waals surface area contributed by atoms with Gasteiger partial charge in [0.05, 0.1) is 24.3 Å². The van der Waals surface area contributed by atoms with Crippen LogP contribution in [0.2, 0.25) is 0 Å². The first-order chi connectivity index (χ1) is 18.9. The van der Waals surface area contributed by atoms with Gasteiger partial charge in [0.25, 0.3) is 0 Å². The first-order valence-corrected chi connectivity index (χ1v) is 13.9. The van der Waals surface area contributed by atoms with Crippen LogP contribution in [0, 0.1) is 11.7 Å².